The van der Waals surface area contributed by atoms with Gasteiger partial charge in [-0.25, -0.2) is 4.79 Å². The first-order valence-electron chi connectivity index (χ1n) is 8.00. The van der Waals surface area contributed by atoms with Gasteiger partial charge < -0.3 is 10.2 Å². The van der Waals surface area contributed by atoms with Gasteiger partial charge in [0, 0.05) is 16.7 Å². The average Bonchev–Trinajstić information content (AvgIpc) is 2.67. The fourth-order valence-corrected chi connectivity index (χ4v) is 2.68. The number of hydrogen-bond donors (Lipinski definition) is 2. The van der Waals surface area contributed by atoms with Gasteiger partial charge in [0.2, 0.25) is 0 Å². The molecule has 128 valence electrons. The second kappa shape index (κ2) is 7.49. The number of allylic oxidation sites excluding steroid dienone is 1. The van der Waals surface area contributed by atoms with Crippen molar-refractivity contribution in [1.82, 2.24) is 0 Å². The summed E-state index contributed by atoms with van der Waals surface area (Å²) in [5.74, 6) is -1.54. The van der Waals surface area contributed by atoms with Crippen LogP contribution >= 0.6 is 0 Å². The topological polar surface area (TPSA) is 74.6 Å². The summed E-state index contributed by atoms with van der Waals surface area (Å²) >= 11 is 0. The van der Waals surface area contributed by atoms with Gasteiger partial charge in [-0.05, 0) is 23.8 Å². The second-order valence-electron chi connectivity index (χ2n) is 5.66. The summed E-state index contributed by atoms with van der Waals surface area (Å²) in [5, 5.41) is 19.4. The van der Waals surface area contributed by atoms with Crippen LogP contribution in [0.3, 0.4) is 0 Å². The molecule has 4 heteroatoms. The smallest absolute Gasteiger partial charge is 0.336 e. The molecule has 0 saturated heterocycles. The lowest BCUT2D eigenvalue weighted by Crippen LogP contribution is -2.10. The highest BCUT2D eigenvalue weighted by molar-refractivity contribution is 6.34. The molecule has 0 aliphatic rings. The molecule has 0 unspecified atom stereocenters. The average molecular weight is 344 g/mol. The fourth-order valence-electron chi connectivity index (χ4n) is 2.68. The number of para-hydroxylation sites is 1. The zero-order chi connectivity index (χ0) is 18.5. The molecular weight excluding hydrogens is 328 g/mol. The van der Waals surface area contributed by atoms with E-state index in [1.807, 2.05) is 6.07 Å². The summed E-state index contributed by atoms with van der Waals surface area (Å²) in [6.07, 6.45) is 1.58. The van der Waals surface area contributed by atoms with Crippen LogP contribution in [0.2, 0.25) is 0 Å². The minimum Gasteiger partial charge on any atom is -0.507 e. The standard InChI is InChI=1S/C22H16O4/c23-20-13-7-4-10-16(20)14-19(15-8-2-1-3-9-15)21(24)17-11-5-6-12-18(17)22(25)26/h1-14,23H,(H,25,26). The molecule has 0 radical (unpaired) electrons. The Bertz CT molecular complexity index is 988. The van der Waals surface area contributed by atoms with Crippen molar-refractivity contribution in [3.05, 3.63) is 101 Å². The first-order valence-corrected chi connectivity index (χ1v) is 8.00. The van der Waals surface area contributed by atoms with Gasteiger partial charge >= 0.3 is 5.97 Å². The Morgan fingerprint density at radius 3 is 1.96 bits per heavy atom. The summed E-state index contributed by atoms with van der Waals surface area (Å²) in [5.41, 5.74) is 1.47. The SMILES string of the molecule is O=C(O)c1ccccc1C(=O)C(=Cc1ccccc1O)c1ccccc1. The molecular formula is C22H16O4. The quantitative estimate of drug-likeness (QED) is 0.405. The summed E-state index contributed by atoms with van der Waals surface area (Å²) < 4.78 is 0. The van der Waals surface area contributed by atoms with Crippen LogP contribution in [0.25, 0.3) is 11.6 Å². The molecule has 3 rings (SSSR count). The maximum atomic E-state index is 13.2. The number of phenolic OH excluding ortho intramolecular Hbond substituents is 1. The highest BCUT2D eigenvalue weighted by Crippen LogP contribution is 2.27. The van der Waals surface area contributed by atoms with Crippen LogP contribution in [-0.2, 0) is 0 Å². The number of carbonyl (C=O) groups excluding carboxylic acids is 1. The van der Waals surface area contributed by atoms with Crippen molar-refractivity contribution in [1.29, 1.82) is 0 Å². The lowest BCUT2D eigenvalue weighted by Gasteiger charge is -2.10. The van der Waals surface area contributed by atoms with Gasteiger partial charge in [-0.3, -0.25) is 4.79 Å². The van der Waals surface area contributed by atoms with E-state index in [-0.39, 0.29) is 16.9 Å². The highest BCUT2D eigenvalue weighted by atomic mass is 16.4. The number of ketones is 1. The molecule has 3 aromatic rings. The number of carboxylic acid groups (broad SMARTS) is 1. The maximum absolute atomic E-state index is 13.2. The Morgan fingerprint density at radius 1 is 0.731 bits per heavy atom. The number of benzene rings is 3. The number of Topliss-reactive ketones (excluding diaryl/α,β-unsaturated/α-hetero) is 1. The molecule has 0 heterocycles. The Hall–Kier alpha value is -3.66. The minimum atomic E-state index is -1.16. The van der Waals surface area contributed by atoms with Gasteiger partial charge in [0.15, 0.2) is 5.78 Å². The Labute approximate surface area is 150 Å². The van der Waals surface area contributed by atoms with Gasteiger partial charge in [-0.2, -0.15) is 0 Å². The van der Waals surface area contributed by atoms with Crippen molar-refractivity contribution in [3.8, 4) is 5.75 Å². The van der Waals surface area contributed by atoms with Gasteiger partial charge in [-0.15, -0.1) is 0 Å². The minimum absolute atomic E-state index is 0.0419. The Morgan fingerprint density at radius 2 is 1.31 bits per heavy atom. The number of phenols is 1. The molecule has 3 aromatic carbocycles. The number of rotatable bonds is 5. The van der Waals surface area contributed by atoms with E-state index in [1.165, 1.54) is 18.2 Å². The van der Waals surface area contributed by atoms with Gasteiger partial charge in [-0.1, -0.05) is 66.7 Å². The van der Waals surface area contributed by atoms with Crippen LogP contribution in [0.5, 0.6) is 5.75 Å². The van der Waals surface area contributed by atoms with Crippen LogP contribution in [0.4, 0.5) is 0 Å². The van der Waals surface area contributed by atoms with Gasteiger partial charge in [0.1, 0.15) is 5.75 Å². The van der Waals surface area contributed by atoms with E-state index in [2.05, 4.69) is 0 Å². The predicted molar refractivity (Wildman–Crippen MR) is 100 cm³/mol. The number of carbonyl (C=O) groups is 2. The van der Waals surface area contributed by atoms with E-state index in [0.29, 0.717) is 16.7 Å². The van der Waals surface area contributed by atoms with Crippen molar-refractivity contribution >= 4 is 23.4 Å². The normalized spacial score (nSPS) is 11.2. The molecule has 0 fully saturated rings. The highest BCUT2D eigenvalue weighted by Gasteiger charge is 2.20. The summed E-state index contributed by atoms with van der Waals surface area (Å²) in [4.78, 5) is 24.7. The monoisotopic (exact) mass is 344 g/mol. The van der Waals surface area contributed by atoms with E-state index >= 15 is 0 Å². The number of carboxylic acids is 1. The first kappa shape index (κ1) is 17.2. The molecule has 0 bridgehead atoms. The van der Waals surface area contributed by atoms with Crippen LogP contribution in [-0.4, -0.2) is 22.0 Å². The van der Waals surface area contributed by atoms with E-state index < -0.39 is 11.8 Å². The first-order chi connectivity index (χ1) is 12.6. The number of aromatic hydroxyl groups is 1. The molecule has 26 heavy (non-hydrogen) atoms. The van der Waals surface area contributed by atoms with E-state index in [4.69, 9.17) is 0 Å². The largest absolute Gasteiger partial charge is 0.507 e. The van der Waals surface area contributed by atoms with Gasteiger partial charge in [0.25, 0.3) is 0 Å². The Kier molecular flexibility index (Phi) is 4.94. The summed E-state index contributed by atoms with van der Waals surface area (Å²) in [7, 11) is 0. The van der Waals surface area contributed by atoms with Crippen molar-refractivity contribution < 1.29 is 19.8 Å². The van der Waals surface area contributed by atoms with Crippen LogP contribution in [0, 0.1) is 0 Å². The molecule has 0 aliphatic carbocycles. The molecule has 0 aromatic heterocycles. The van der Waals surface area contributed by atoms with E-state index in [0.717, 1.165) is 0 Å². The molecule has 0 amide bonds. The van der Waals surface area contributed by atoms with Crippen molar-refractivity contribution in [3.63, 3.8) is 0 Å². The molecule has 0 aliphatic heterocycles. The molecule has 2 N–H and O–H groups in total. The predicted octanol–water partition coefficient (Wildman–Crippen LogP) is 4.51. The molecule has 4 nitrogen and oxygen atoms in total. The van der Waals surface area contributed by atoms with Crippen LogP contribution in [0.15, 0.2) is 78.9 Å². The fraction of sp³-hybridized carbons (Fsp3) is 0. The molecule has 0 saturated carbocycles. The number of hydrogen-bond acceptors (Lipinski definition) is 3. The van der Waals surface area contributed by atoms with Crippen molar-refractivity contribution in [2.24, 2.45) is 0 Å². The second-order valence-corrected chi connectivity index (χ2v) is 5.66. The van der Waals surface area contributed by atoms with Crippen LogP contribution in [0.1, 0.15) is 31.8 Å². The molecule has 0 atom stereocenters. The summed E-state index contributed by atoms with van der Waals surface area (Å²) in [6, 6.07) is 21.7. The van der Waals surface area contributed by atoms with Gasteiger partial charge in [0.05, 0.1) is 5.56 Å². The van der Waals surface area contributed by atoms with Crippen molar-refractivity contribution in [2.45, 2.75) is 0 Å². The zero-order valence-corrected chi connectivity index (χ0v) is 13.8. The third-order valence-corrected chi connectivity index (χ3v) is 3.97. The maximum Gasteiger partial charge on any atom is 0.336 e. The zero-order valence-electron chi connectivity index (χ0n) is 13.8. The molecule has 0 spiro atoms. The van der Waals surface area contributed by atoms with E-state index in [1.54, 1.807) is 60.7 Å². The number of aromatic carboxylic acids is 1. The Balaban J connectivity index is 2.18. The lowest BCUT2D eigenvalue weighted by atomic mass is 9.92. The summed E-state index contributed by atoms with van der Waals surface area (Å²) in [6.45, 7) is 0. The lowest BCUT2D eigenvalue weighted by molar-refractivity contribution is 0.0693. The third kappa shape index (κ3) is 3.54. The van der Waals surface area contributed by atoms with Crippen LogP contribution < -0.4 is 0 Å². The third-order valence-electron chi connectivity index (χ3n) is 3.97. The van der Waals surface area contributed by atoms with Crippen molar-refractivity contribution in [2.75, 3.05) is 0 Å². The van der Waals surface area contributed by atoms with E-state index in [9.17, 15) is 19.8 Å².